The van der Waals surface area contributed by atoms with Crippen LogP contribution >= 0.6 is 0 Å². The van der Waals surface area contributed by atoms with E-state index in [4.69, 9.17) is 19.9 Å². The molecule has 2 aromatic heterocycles. The lowest BCUT2D eigenvalue weighted by molar-refractivity contribution is 1.07. The van der Waals surface area contributed by atoms with Crippen molar-refractivity contribution < 1.29 is 0 Å². The van der Waals surface area contributed by atoms with Crippen LogP contribution < -0.4 is 0 Å². The third-order valence-corrected chi connectivity index (χ3v) is 11.6. The third-order valence-electron chi connectivity index (χ3n) is 11.6. The minimum Gasteiger partial charge on any atom is -0.247 e. The van der Waals surface area contributed by atoms with E-state index in [0.29, 0.717) is 17.5 Å². The second kappa shape index (κ2) is 16.0. The number of benzene rings is 9. The number of aromatic nitrogens is 4. The maximum atomic E-state index is 5.22. The van der Waals surface area contributed by atoms with Crippen molar-refractivity contribution in [3.63, 3.8) is 0 Å². The molecule has 0 aliphatic rings. The zero-order chi connectivity index (χ0) is 41.2. The molecule has 0 radical (unpaired) electrons. The van der Waals surface area contributed by atoms with Crippen LogP contribution in [-0.2, 0) is 0 Å². The smallest absolute Gasteiger partial charge is 0.164 e. The molecule has 0 fully saturated rings. The Bertz CT molecular complexity index is 3230. The van der Waals surface area contributed by atoms with Crippen molar-refractivity contribution in [1.82, 2.24) is 19.9 Å². The van der Waals surface area contributed by atoms with Crippen molar-refractivity contribution in [3.05, 3.63) is 231 Å². The lowest BCUT2D eigenvalue weighted by Gasteiger charge is -2.14. The average Bonchev–Trinajstić information content (AvgIpc) is 3.37. The second-order valence-electron chi connectivity index (χ2n) is 15.4. The molecule has 0 atom stereocenters. The molecule has 9 aromatic carbocycles. The van der Waals surface area contributed by atoms with Gasteiger partial charge in [-0.2, -0.15) is 0 Å². The Kier molecular flexibility index (Phi) is 9.49. The molecule has 62 heavy (non-hydrogen) atoms. The van der Waals surface area contributed by atoms with Crippen LogP contribution in [0, 0.1) is 0 Å². The summed E-state index contributed by atoms with van der Waals surface area (Å²) in [7, 11) is 0. The molecule has 11 aromatic rings. The molecule has 4 heteroatoms. The fraction of sp³-hybridized carbons (Fsp3) is 0. The molecule has 0 aliphatic carbocycles. The molecule has 2 heterocycles. The number of hydrogen-bond acceptors (Lipinski definition) is 4. The van der Waals surface area contributed by atoms with Crippen LogP contribution in [0.4, 0.5) is 0 Å². The summed E-state index contributed by atoms with van der Waals surface area (Å²) in [4.78, 5) is 20.4. The number of fused-ring (bicyclic) bond motifs is 3. The van der Waals surface area contributed by atoms with Gasteiger partial charge in [0.05, 0.1) is 11.2 Å². The van der Waals surface area contributed by atoms with E-state index in [1.165, 1.54) is 22.1 Å². The van der Waals surface area contributed by atoms with Gasteiger partial charge in [0.1, 0.15) is 0 Å². The zero-order valence-electron chi connectivity index (χ0n) is 33.7. The molecular weight excluding hydrogens is 753 g/mol. The van der Waals surface area contributed by atoms with E-state index >= 15 is 0 Å². The second-order valence-corrected chi connectivity index (χ2v) is 15.4. The molecule has 0 aliphatic heterocycles. The lowest BCUT2D eigenvalue weighted by Crippen LogP contribution is -2.00. The summed E-state index contributed by atoms with van der Waals surface area (Å²) < 4.78 is 0. The Balaban J connectivity index is 0.924. The first-order chi connectivity index (χ1) is 30.7. The largest absolute Gasteiger partial charge is 0.247 e. The van der Waals surface area contributed by atoms with Gasteiger partial charge in [0, 0.05) is 33.0 Å². The molecule has 4 nitrogen and oxygen atoms in total. The maximum absolute atomic E-state index is 5.22. The third kappa shape index (κ3) is 7.10. The van der Waals surface area contributed by atoms with Crippen molar-refractivity contribution in [2.45, 2.75) is 0 Å². The van der Waals surface area contributed by atoms with Crippen LogP contribution in [0.3, 0.4) is 0 Å². The van der Waals surface area contributed by atoms with E-state index in [1.54, 1.807) is 0 Å². The summed E-state index contributed by atoms with van der Waals surface area (Å²) in [5.41, 5.74) is 15.1. The summed E-state index contributed by atoms with van der Waals surface area (Å²) in [6.45, 7) is 0. The van der Waals surface area contributed by atoms with E-state index < -0.39 is 0 Å². The average molecular weight is 791 g/mol. The lowest BCUT2D eigenvalue weighted by atomic mass is 9.93. The normalized spacial score (nSPS) is 11.2. The van der Waals surface area contributed by atoms with Gasteiger partial charge >= 0.3 is 0 Å². The van der Waals surface area contributed by atoms with Crippen molar-refractivity contribution in [2.24, 2.45) is 0 Å². The Labute approximate surface area is 360 Å². The SMILES string of the molecule is c1ccc(-c2ccc(-c3nc(-c4ccc(-c5ccccc5)cc4)nc(-c4ccc(-c5ccc(-c6cccc7nc(-c8ccccc8)c8ccccc8c67)cc5)cc4)n3)cc2)cc1. The zero-order valence-corrected chi connectivity index (χ0v) is 33.7. The molecule has 0 spiro atoms. The Morgan fingerprint density at radius 3 is 0.984 bits per heavy atom. The van der Waals surface area contributed by atoms with Crippen LogP contribution in [0.5, 0.6) is 0 Å². The molecular formula is C58H38N4. The van der Waals surface area contributed by atoms with Gasteiger partial charge in [0.25, 0.3) is 0 Å². The molecule has 0 amide bonds. The van der Waals surface area contributed by atoms with Crippen LogP contribution in [0.1, 0.15) is 0 Å². The highest BCUT2D eigenvalue weighted by molar-refractivity contribution is 6.16. The van der Waals surface area contributed by atoms with E-state index in [0.717, 1.165) is 72.1 Å². The first kappa shape index (κ1) is 36.7. The fourth-order valence-corrected chi connectivity index (χ4v) is 8.36. The van der Waals surface area contributed by atoms with E-state index in [9.17, 15) is 0 Å². The molecule has 0 saturated carbocycles. The van der Waals surface area contributed by atoms with Gasteiger partial charge in [-0.05, 0) is 56.0 Å². The minimum absolute atomic E-state index is 0.624. The molecule has 0 saturated heterocycles. The van der Waals surface area contributed by atoms with Crippen LogP contribution in [0.25, 0.3) is 112 Å². The number of nitrogens with zero attached hydrogens (tertiary/aromatic N) is 4. The Morgan fingerprint density at radius 2 is 0.548 bits per heavy atom. The highest BCUT2D eigenvalue weighted by Gasteiger charge is 2.16. The minimum atomic E-state index is 0.624. The number of pyridine rings is 1. The van der Waals surface area contributed by atoms with Crippen LogP contribution in [0.2, 0.25) is 0 Å². The van der Waals surface area contributed by atoms with E-state index in [2.05, 4.69) is 212 Å². The first-order valence-electron chi connectivity index (χ1n) is 20.9. The summed E-state index contributed by atoms with van der Waals surface area (Å²) in [6, 6.07) is 80.5. The Hall–Kier alpha value is -8.34. The summed E-state index contributed by atoms with van der Waals surface area (Å²) >= 11 is 0. The van der Waals surface area contributed by atoms with Gasteiger partial charge in [-0.15, -0.1) is 0 Å². The van der Waals surface area contributed by atoms with Gasteiger partial charge in [0.2, 0.25) is 0 Å². The number of hydrogen-bond donors (Lipinski definition) is 0. The molecule has 0 N–H and O–H groups in total. The van der Waals surface area contributed by atoms with Crippen molar-refractivity contribution in [1.29, 1.82) is 0 Å². The summed E-state index contributed by atoms with van der Waals surface area (Å²) in [5, 5.41) is 3.51. The predicted molar refractivity (Wildman–Crippen MR) is 256 cm³/mol. The van der Waals surface area contributed by atoms with Crippen molar-refractivity contribution >= 4 is 21.7 Å². The molecule has 11 rings (SSSR count). The fourth-order valence-electron chi connectivity index (χ4n) is 8.36. The maximum Gasteiger partial charge on any atom is 0.164 e. The highest BCUT2D eigenvalue weighted by atomic mass is 15.0. The van der Waals surface area contributed by atoms with E-state index in [-0.39, 0.29) is 0 Å². The van der Waals surface area contributed by atoms with Gasteiger partial charge in [-0.25, -0.2) is 19.9 Å². The standard InChI is InChI=1S/C58H38N4/c1-4-13-39(14-5-1)41-25-33-47(34-26-41)56-60-57(48-35-27-42(28-36-48)40-15-6-2-7-16-40)62-58(61-56)49-37-29-44(30-38-49)43-23-31-45(32-24-43)50-21-12-22-53-54(50)51-19-10-11-20-52(51)55(59-53)46-17-8-3-9-18-46/h1-38H. The quantitative estimate of drug-likeness (QED) is 0.144. The van der Waals surface area contributed by atoms with Crippen LogP contribution in [-0.4, -0.2) is 19.9 Å². The van der Waals surface area contributed by atoms with Gasteiger partial charge in [-0.1, -0.05) is 224 Å². The Morgan fingerprint density at radius 1 is 0.210 bits per heavy atom. The molecule has 290 valence electrons. The summed E-state index contributed by atoms with van der Waals surface area (Å²) in [5.74, 6) is 1.88. The van der Waals surface area contributed by atoms with E-state index in [1.807, 2.05) is 18.2 Å². The van der Waals surface area contributed by atoms with Crippen LogP contribution in [0.15, 0.2) is 231 Å². The first-order valence-corrected chi connectivity index (χ1v) is 20.9. The summed E-state index contributed by atoms with van der Waals surface area (Å²) in [6.07, 6.45) is 0. The van der Waals surface area contributed by atoms with Crippen molar-refractivity contribution in [3.8, 4) is 89.9 Å². The highest BCUT2D eigenvalue weighted by Crippen LogP contribution is 2.38. The van der Waals surface area contributed by atoms with Crippen molar-refractivity contribution in [2.75, 3.05) is 0 Å². The molecule has 0 unspecified atom stereocenters. The molecule has 0 bridgehead atoms. The van der Waals surface area contributed by atoms with Gasteiger partial charge in [0.15, 0.2) is 17.5 Å². The number of rotatable bonds is 8. The van der Waals surface area contributed by atoms with Gasteiger partial charge < -0.3 is 0 Å². The predicted octanol–water partition coefficient (Wildman–Crippen LogP) is 14.9. The topological polar surface area (TPSA) is 51.6 Å². The van der Waals surface area contributed by atoms with Gasteiger partial charge in [-0.3, -0.25) is 0 Å². The monoisotopic (exact) mass is 790 g/mol.